The summed E-state index contributed by atoms with van der Waals surface area (Å²) in [5, 5.41) is 0. The van der Waals surface area contributed by atoms with Crippen molar-refractivity contribution in [3.63, 3.8) is 0 Å². The number of hydrogen-bond donors (Lipinski definition) is 0. The molecule has 0 saturated carbocycles. The molecule has 0 saturated heterocycles. The van der Waals surface area contributed by atoms with Gasteiger partial charge in [-0.05, 0) is 24.6 Å². The van der Waals surface area contributed by atoms with Crippen LogP contribution in [0.25, 0.3) is 0 Å². The summed E-state index contributed by atoms with van der Waals surface area (Å²) in [7, 11) is 1.63. The number of rotatable bonds is 8. The van der Waals surface area contributed by atoms with Crippen molar-refractivity contribution in [3.8, 4) is 11.5 Å². The molecule has 0 unspecified atom stereocenters. The fraction of sp³-hybridized carbons (Fsp3) is 0.538. The molecular formula is C13H19ClO3. The van der Waals surface area contributed by atoms with Crippen molar-refractivity contribution in [2.45, 2.75) is 19.2 Å². The summed E-state index contributed by atoms with van der Waals surface area (Å²) >= 11 is 5.76. The second-order valence-corrected chi connectivity index (χ2v) is 3.79. The van der Waals surface area contributed by atoms with Gasteiger partial charge in [-0.1, -0.05) is 6.07 Å². The molecule has 1 aromatic rings. The first-order chi connectivity index (χ1) is 8.31. The van der Waals surface area contributed by atoms with Crippen LogP contribution < -0.4 is 9.47 Å². The maximum absolute atomic E-state index is 5.76. The minimum absolute atomic E-state index is 0.473. The Hall–Kier alpha value is -0.930. The number of benzene rings is 1. The Morgan fingerprint density at radius 2 is 2.00 bits per heavy atom. The predicted molar refractivity (Wildman–Crippen MR) is 69.2 cm³/mol. The summed E-state index contributed by atoms with van der Waals surface area (Å²) in [6, 6.07) is 5.72. The maximum atomic E-state index is 5.76. The molecule has 0 bridgehead atoms. The van der Waals surface area contributed by atoms with Crippen LogP contribution >= 0.6 is 11.6 Å². The molecule has 4 heteroatoms. The van der Waals surface area contributed by atoms with Crippen LogP contribution in [0.1, 0.15) is 18.9 Å². The van der Waals surface area contributed by atoms with E-state index in [0.717, 1.165) is 36.7 Å². The van der Waals surface area contributed by atoms with Crippen LogP contribution in [0, 0.1) is 0 Å². The molecule has 3 nitrogen and oxygen atoms in total. The zero-order chi connectivity index (χ0) is 12.5. The lowest BCUT2D eigenvalue weighted by Gasteiger charge is -2.11. The largest absolute Gasteiger partial charge is 0.493 e. The highest BCUT2D eigenvalue weighted by atomic mass is 35.5. The predicted octanol–water partition coefficient (Wildman–Crippen LogP) is 3.24. The lowest BCUT2D eigenvalue weighted by Crippen LogP contribution is -2.04. The van der Waals surface area contributed by atoms with Gasteiger partial charge < -0.3 is 14.2 Å². The Bertz CT molecular complexity index is 328. The van der Waals surface area contributed by atoms with Crippen LogP contribution in [-0.4, -0.2) is 26.9 Å². The number of ether oxygens (including phenoxy) is 3. The lowest BCUT2D eigenvalue weighted by molar-refractivity contribution is 0.130. The van der Waals surface area contributed by atoms with Gasteiger partial charge in [-0.15, -0.1) is 11.6 Å². The second-order valence-electron chi connectivity index (χ2n) is 3.52. The molecule has 96 valence electrons. The van der Waals surface area contributed by atoms with Gasteiger partial charge in [-0.2, -0.15) is 0 Å². The fourth-order valence-corrected chi connectivity index (χ4v) is 1.57. The second kappa shape index (κ2) is 8.20. The zero-order valence-corrected chi connectivity index (χ0v) is 11.1. The number of hydrogen-bond acceptors (Lipinski definition) is 3. The van der Waals surface area contributed by atoms with Crippen molar-refractivity contribution in [1.82, 2.24) is 0 Å². The van der Waals surface area contributed by atoms with Gasteiger partial charge in [0.1, 0.15) is 0 Å². The maximum Gasteiger partial charge on any atom is 0.161 e. The highest BCUT2D eigenvalue weighted by molar-refractivity contribution is 6.17. The average Bonchev–Trinajstić information content (AvgIpc) is 2.38. The lowest BCUT2D eigenvalue weighted by atomic mass is 10.2. The Balaban J connectivity index is 2.46. The van der Waals surface area contributed by atoms with Crippen LogP contribution in [0.2, 0.25) is 0 Å². The molecule has 0 aliphatic carbocycles. The van der Waals surface area contributed by atoms with E-state index in [0.29, 0.717) is 12.5 Å². The molecule has 0 amide bonds. The Morgan fingerprint density at radius 1 is 1.18 bits per heavy atom. The van der Waals surface area contributed by atoms with Crippen LogP contribution in [0.3, 0.4) is 0 Å². The molecule has 1 rings (SSSR count). The highest BCUT2D eigenvalue weighted by Gasteiger charge is 2.05. The third-order valence-corrected chi connectivity index (χ3v) is 2.59. The average molecular weight is 259 g/mol. The summed E-state index contributed by atoms with van der Waals surface area (Å²) in [6.07, 6.45) is 0.869. The van der Waals surface area contributed by atoms with Crippen molar-refractivity contribution in [2.75, 3.05) is 26.9 Å². The molecule has 0 radical (unpaired) electrons. The van der Waals surface area contributed by atoms with Crippen molar-refractivity contribution in [1.29, 1.82) is 0 Å². The van der Waals surface area contributed by atoms with Gasteiger partial charge in [0.2, 0.25) is 0 Å². The van der Waals surface area contributed by atoms with Crippen LogP contribution in [0.5, 0.6) is 11.5 Å². The van der Waals surface area contributed by atoms with Crippen LogP contribution in [0.4, 0.5) is 0 Å². The molecule has 0 heterocycles. The van der Waals surface area contributed by atoms with E-state index in [4.69, 9.17) is 25.8 Å². The molecule has 17 heavy (non-hydrogen) atoms. The Labute approximate surface area is 108 Å². The molecule has 0 aromatic heterocycles. The molecule has 0 aliphatic heterocycles. The van der Waals surface area contributed by atoms with Gasteiger partial charge in [-0.25, -0.2) is 0 Å². The van der Waals surface area contributed by atoms with Gasteiger partial charge in [0.15, 0.2) is 11.5 Å². The van der Waals surface area contributed by atoms with Crippen LogP contribution in [-0.2, 0) is 10.6 Å². The smallest absolute Gasteiger partial charge is 0.161 e. The minimum Gasteiger partial charge on any atom is -0.493 e. The van der Waals surface area contributed by atoms with Gasteiger partial charge in [-0.3, -0.25) is 0 Å². The standard InChI is InChI=1S/C13H19ClO3/c1-3-16-7-4-8-17-12-6-5-11(10-14)9-13(12)15-2/h5-6,9H,3-4,7-8,10H2,1-2H3. The highest BCUT2D eigenvalue weighted by Crippen LogP contribution is 2.28. The van der Waals surface area contributed by atoms with E-state index in [1.165, 1.54) is 0 Å². The minimum atomic E-state index is 0.473. The van der Waals surface area contributed by atoms with Crippen molar-refractivity contribution in [3.05, 3.63) is 23.8 Å². The SMILES string of the molecule is CCOCCCOc1ccc(CCl)cc1OC. The van der Waals surface area contributed by atoms with Crippen molar-refractivity contribution >= 4 is 11.6 Å². The third kappa shape index (κ3) is 4.84. The third-order valence-electron chi connectivity index (χ3n) is 2.28. The molecule has 0 atom stereocenters. The molecule has 0 fully saturated rings. The zero-order valence-electron chi connectivity index (χ0n) is 10.4. The molecule has 0 N–H and O–H groups in total. The first kappa shape index (κ1) is 14.1. The van der Waals surface area contributed by atoms with E-state index < -0.39 is 0 Å². The van der Waals surface area contributed by atoms with Gasteiger partial charge >= 0.3 is 0 Å². The topological polar surface area (TPSA) is 27.7 Å². The number of methoxy groups -OCH3 is 1. The molecule has 0 spiro atoms. The van der Waals surface area contributed by atoms with E-state index in [9.17, 15) is 0 Å². The van der Waals surface area contributed by atoms with E-state index in [-0.39, 0.29) is 0 Å². The summed E-state index contributed by atoms with van der Waals surface area (Å²) in [5.41, 5.74) is 1.02. The first-order valence-corrected chi connectivity index (χ1v) is 6.28. The van der Waals surface area contributed by atoms with Crippen molar-refractivity contribution < 1.29 is 14.2 Å². The first-order valence-electron chi connectivity index (χ1n) is 5.75. The van der Waals surface area contributed by atoms with Crippen LogP contribution in [0.15, 0.2) is 18.2 Å². The summed E-state index contributed by atoms with van der Waals surface area (Å²) < 4.78 is 16.1. The molecule has 0 aliphatic rings. The van der Waals surface area contributed by atoms with E-state index in [1.807, 2.05) is 25.1 Å². The van der Waals surface area contributed by atoms with E-state index in [1.54, 1.807) is 7.11 Å². The van der Waals surface area contributed by atoms with Gasteiger partial charge in [0, 0.05) is 25.5 Å². The van der Waals surface area contributed by atoms with Gasteiger partial charge in [0.25, 0.3) is 0 Å². The Morgan fingerprint density at radius 3 is 2.65 bits per heavy atom. The Kier molecular flexibility index (Phi) is 6.82. The summed E-state index contributed by atoms with van der Waals surface area (Å²) in [6.45, 7) is 4.07. The summed E-state index contributed by atoms with van der Waals surface area (Å²) in [4.78, 5) is 0. The number of halogens is 1. The molecular weight excluding hydrogens is 240 g/mol. The summed E-state index contributed by atoms with van der Waals surface area (Å²) in [5.74, 6) is 1.94. The normalized spacial score (nSPS) is 10.3. The fourth-order valence-electron chi connectivity index (χ4n) is 1.40. The van der Waals surface area contributed by atoms with Gasteiger partial charge in [0.05, 0.1) is 13.7 Å². The number of alkyl halides is 1. The molecule has 1 aromatic carbocycles. The quantitative estimate of drug-likeness (QED) is 0.529. The van der Waals surface area contributed by atoms with Crippen molar-refractivity contribution in [2.24, 2.45) is 0 Å². The van der Waals surface area contributed by atoms with E-state index in [2.05, 4.69) is 0 Å². The monoisotopic (exact) mass is 258 g/mol. The van der Waals surface area contributed by atoms with E-state index >= 15 is 0 Å².